The lowest BCUT2D eigenvalue weighted by Crippen LogP contribution is -2.26. The summed E-state index contributed by atoms with van der Waals surface area (Å²) in [6.07, 6.45) is 8.48. The molecule has 4 aromatic rings. The molecule has 28 heavy (non-hydrogen) atoms. The number of fused-ring (bicyclic) bond motifs is 1. The number of aryl methyl sites for hydroxylation is 1. The SMILES string of the molecule is Cn1cc(-c2cn3nccc3c(-c3cn(C4CC(C#N)C4)nc3N)n2)c(=O)[nH]1. The number of aromatic nitrogens is 7. The Morgan fingerprint density at radius 2 is 2.11 bits per heavy atom. The van der Waals surface area contributed by atoms with Crippen LogP contribution in [0, 0.1) is 17.2 Å². The Morgan fingerprint density at radius 1 is 1.29 bits per heavy atom. The molecular weight excluding hydrogens is 358 g/mol. The zero-order valence-electron chi connectivity index (χ0n) is 15.1. The number of nitriles is 1. The normalized spacial score (nSPS) is 18.9. The molecule has 0 amide bonds. The van der Waals surface area contributed by atoms with Crippen LogP contribution >= 0.6 is 0 Å². The molecule has 1 saturated carbocycles. The largest absolute Gasteiger partial charge is 0.382 e. The Kier molecular flexibility index (Phi) is 3.39. The highest BCUT2D eigenvalue weighted by molar-refractivity contribution is 5.83. The smallest absolute Gasteiger partial charge is 0.273 e. The van der Waals surface area contributed by atoms with Crippen LogP contribution in [0.4, 0.5) is 5.82 Å². The van der Waals surface area contributed by atoms with Crippen LogP contribution in [0.1, 0.15) is 18.9 Å². The molecule has 0 spiro atoms. The summed E-state index contributed by atoms with van der Waals surface area (Å²) in [7, 11) is 1.74. The van der Waals surface area contributed by atoms with Crippen LogP contribution in [-0.4, -0.2) is 34.2 Å². The fraction of sp³-hybridized carbons (Fsp3) is 0.278. The summed E-state index contributed by atoms with van der Waals surface area (Å²) < 4.78 is 5.08. The van der Waals surface area contributed by atoms with Gasteiger partial charge in [0.05, 0.1) is 52.8 Å². The molecule has 3 N–H and O–H groups in total. The monoisotopic (exact) mass is 375 g/mol. The Balaban J connectivity index is 1.64. The summed E-state index contributed by atoms with van der Waals surface area (Å²) in [5, 5.41) is 20.4. The number of anilines is 1. The number of aromatic amines is 1. The van der Waals surface area contributed by atoms with E-state index in [9.17, 15) is 4.79 Å². The third kappa shape index (κ3) is 2.40. The molecule has 0 aromatic carbocycles. The van der Waals surface area contributed by atoms with Crippen molar-refractivity contribution >= 4 is 11.3 Å². The third-order valence-corrected chi connectivity index (χ3v) is 5.20. The van der Waals surface area contributed by atoms with Crippen LogP contribution in [0.2, 0.25) is 0 Å². The number of nitrogen functional groups attached to an aromatic ring is 1. The lowest BCUT2D eigenvalue weighted by molar-refractivity contribution is 0.230. The summed E-state index contributed by atoms with van der Waals surface area (Å²) in [5.41, 5.74) is 8.97. The molecule has 4 heterocycles. The van der Waals surface area contributed by atoms with E-state index < -0.39 is 0 Å². The summed E-state index contributed by atoms with van der Waals surface area (Å²) in [4.78, 5) is 16.9. The van der Waals surface area contributed by atoms with E-state index in [1.807, 2.05) is 16.9 Å². The highest BCUT2D eigenvalue weighted by Crippen LogP contribution is 2.39. The van der Waals surface area contributed by atoms with Gasteiger partial charge in [-0.3, -0.25) is 19.3 Å². The molecule has 0 radical (unpaired) electrons. The van der Waals surface area contributed by atoms with Crippen molar-refractivity contribution in [1.82, 2.24) is 34.2 Å². The predicted octanol–water partition coefficient (Wildman–Crippen LogP) is 1.34. The van der Waals surface area contributed by atoms with Crippen LogP contribution < -0.4 is 11.3 Å². The van der Waals surface area contributed by atoms with Gasteiger partial charge in [-0.1, -0.05) is 0 Å². The fourth-order valence-corrected chi connectivity index (χ4v) is 3.63. The van der Waals surface area contributed by atoms with Crippen LogP contribution in [0.5, 0.6) is 0 Å². The molecule has 1 aliphatic rings. The van der Waals surface area contributed by atoms with Gasteiger partial charge in [0, 0.05) is 19.4 Å². The number of hydrogen-bond donors (Lipinski definition) is 2. The molecule has 1 fully saturated rings. The van der Waals surface area contributed by atoms with Crippen molar-refractivity contribution < 1.29 is 0 Å². The van der Waals surface area contributed by atoms with Gasteiger partial charge in [-0.2, -0.15) is 15.5 Å². The second-order valence-corrected chi connectivity index (χ2v) is 7.09. The first-order chi connectivity index (χ1) is 13.5. The highest BCUT2D eigenvalue weighted by atomic mass is 16.1. The maximum atomic E-state index is 12.2. The van der Waals surface area contributed by atoms with Crippen LogP contribution in [0.15, 0.2) is 35.6 Å². The van der Waals surface area contributed by atoms with Crippen molar-refractivity contribution in [3.8, 4) is 28.6 Å². The van der Waals surface area contributed by atoms with Gasteiger partial charge in [0.1, 0.15) is 5.69 Å². The van der Waals surface area contributed by atoms with Crippen LogP contribution in [0.25, 0.3) is 28.0 Å². The lowest BCUT2D eigenvalue weighted by Gasteiger charge is -2.30. The van der Waals surface area contributed by atoms with Gasteiger partial charge in [0.25, 0.3) is 5.56 Å². The quantitative estimate of drug-likeness (QED) is 0.555. The van der Waals surface area contributed by atoms with Gasteiger partial charge in [0.15, 0.2) is 5.82 Å². The van der Waals surface area contributed by atoms with Gasteiger partial charge >= 0.3 is 0 Å². The van der Waals surface area contributed by atoms with Crippen molar-refractivity contribution in [3.05, 3.63) is 41.2 Å². The summed E-state index contributed by atoms with van der Waals surface area (Å²) in [6, 6.07) is 4.29. The lowest BCUT2D eigenvalue weighted by atomic mass is 9.81. The maximum Gasteiger partial charge on any atom is 0.273 e. The highest BCUT2D eigenvalue weighted by Gasteiger charge is 2.32. The second kappa shape index (κ2) is 5.82. The van der Waals surface area contributed by atoms with E-state index in [1.54, 1.807) is 34.8 Å². The molecule has 5 rings (SSSR count). The van der Waals surface area contributed by atoms with E-state index in [4.69, 9.17) is 16.0 Å². The first-order valence-corrected chi connectivity index (χ1v) is 8.88. The fourth-order valence-electron chi connectivity index (χ4n) is 3.63. The van der Waals surface area contributed by atoms with Crippen molar-refractivity contribution in [1.29, 1.82) is 5.26 Å². The van der Waals surface area contributed by atoms with Gasteiger partial charge in [-0.15, -0.1) is 0 Å². The maximum absolute atomic E-state index is 12.2. The molecule has 0 bridgehead atoms. The first-order valence-electron chi connectivity index (χ1n) is 8.88. The first kappa shape index (κ1) is 16.3. The number of rotatable bonds is 3. The van der Waals surface area contributed by atoms with Crippen molar-refractivity contribution in [2.45, 2.75) is 18.9 Å². The third-order valence-electron chi connectivity index (χ3n) is 5.20. The molecule has 0 atom stereocenters. The van der Waals surface area contributed by atoms with E-state index in [-0.39, 0.29) is 17.5 Å². The summed E-state index contributed by atoms with van der Waals surface area (Å²) in [6.45, 7) is 0. The molecular formula is C18H17N9O. The van der Waals surface area contributed by atoms with E-state index in [1.165, 1.54) is 0 Å². The molecule has 140 valence electrons. The molecule has 0 aliphatic heterocycles. The van der Waals surface area contributed by atoms with E-state index in [2.05, 4.69) is 21.4 Å². The topological polar surface area (TPSA) is 136 Å². The number of hydrogen-bond acceptors (Lipinski definition) is 6. The van der Waals surface area contributed by atoms with E-state index >= 15 is 0 Å². The Bertz CT molecular complexity index is 1290. The molecule has 0 unspecified atom stereocenters. The minimum absolute atomic E-state index is 0.0756. The average molecular weight is 375 g/mol. The summed E-state index contributed by atoms with van der Waals surface area (Å²) in [5.74, 6) is 0.432. The Labute approximate surface area is 158 Å². The predicted molar refractivity (Wildman–Crippen MR) is 101 cm³/mol. The molecule has 4 aromatic heterocycles. The molecule has 10 nitrogen and oxygen atoms in total. The van der Waals surface area contributed by atoms with Gasteiger partial charge in [-0.25, -0.2) is 9.50 Å². The number of nitrogens with two attached hydrogens (primary N) is 1. The number of nitrogens with one attached hydrogen (secondary N) is 1. The number of nitrogens with zero attached hydrogens (tertiary/aromatic N) is 7. The molecule has 1 aliphatic carbocycles. The van der Waals surface area contributed by atoms with Crippen LogP contribution in [-0.2, 0) is 7.05 Å². The Morgan fingerprint density at radius 3 is 2.82 bits per heavy atom. The van der Waals surface area contributed by atoms with Crippen molar-refractivity contribution in [3.63, 3.8) is 0 Å². The second-order valence-electron chi connectivity index (χ2n) is 7.09. The van der Waals surface area contributed by atoms with Gasteiger partial charge in [-0.05, 0) is 18.9 Å². The summed E-state index contributed by atoms with van der Waals surface area (Å²) >= 11 is 0. The minimum Gasteiger partial charge on any atom is -0.382 e. The standard InChI is InChI=1S/C18H17N9O/c1-25-7-12(18(28)24-25)14-9-27-15(2-3-21-27)16(22-14)13-8-26(23-17(13)20)11-4-10(5-11)6-19/h2-3,7-11H,4-5H2,1H3,(H2,20,23)(H,24,28). The van der Waals surface area contributed by atoms with Gasteiger partial charge in [0.2, 0.25) is 0 Å². The van der Waals surface area contributed by atoms with Crippen molar-refractivity contribution in [2.75, 3.05) is 5.73 Å². The average Bonchev–Trinajstić information content (AvgIpc) is 3.32. The van der Waals surface area contributed by atoms with Crippen LogP contribution in [0.3, 0.4) is 0 Å². The Hall–Kier alpha value is -3.87. The van der Waals surface area contributed by atoms with E-state index in [0.29, 0.717) is 28.3 Å². The molecule has 0 saturated heterocycles. The van der Waals surface area contributed by atoms with Gasteiger partial charge < -0.3 is 5.73 Å². The van der Waals surface area contributed by atoms with Crippen molar-refractivity contribution in [2.24, 2.45) is 13.0 Å². The minimum atomic E-state index is -0.229. The van der Waals surface area contributed by atoms with E-state index in [0.717, 1.165) is 18.4 Å². The zero-order valence-corrected chi connectivity index (χ0v) is 15.1. The zero-order chi connectivity index (χ0) is 19.4. The molecule has 10 heteroatoms. The number of H-pyrrole nitrogens is 1.